The number of alkyl halides is 2. The molecule has 6 nitrogen and oxygen atoms in total. The number of rotatable bonds is 4. The van der Waals surface area contributed by atoms with E-state index in [2.05, 4.69) is 11.0 Å². The Hall–Kier alpha value is -3.78. The van der Waals surface area contributed by atoms with Crippen LogP contribution in [0.3, 0.4) is 0 Å². The fraction of sp³-hybridized carbons (Fsp3) is 0.212. The number of carbonyl (C=O) groups excluding carboxylic acids is 2. The van der Waals surface area contributed by atoms with Crippen LogP contribution in [0, 0.1) is 0 Å². The molecule has 7 rings (SSSR count). The van der Waals surface area contributed by atoms with Crippen LogP contribution < -0.4 is 9.80 Å². The van der Waals surface area contributed by atoms with Crippen molar-refractivity contribution in [1.82, 2.24) is 0 Å². The van der Waals surface area contributed by atoms with Gasteiger partial charge in [0.05, 0.1) is 15.4 Å². The first-order chi connectivity index (χ1) is 20.4. The molecule has 42 heavy (non-hydrogen) atoms. The van der Waals surface area contributed by atoms with Crippen LogP contribution in [0.1, 0.15) is 42.3 Å². The zero-order valence-corrected chi connectivity index (χ0v) is 25.1. The van der Waals surface area contributed by atoms with Gasteiger partial charge in [-0.2, -0.15) is 0 Å². The van der Waals surface area contributed by atoms with Gasteiger partial charge in [-0.05, 0) is 34.0 Å². The van der Waals surface area contributed by atoms with Crippen molar-refractivity contribution in [2.45, 2.75) is 11.8 Å². The molecular weight excluding hydrogens is 591 g/mol. The molecule has 1 aromatic heterocycles. The van der Waals surface area contributed by atoms with Crippen LogP contribution in [0.5, 0.6) is 11.5 Å². The second-order valence-corrected chi connectivity index (χ2v) is 12.3. The van der Waals surface area contributed by atoms with Crippen molar-refractivity contribution in [2.75, 3.05) is 41.7 Å². The number of thiophene rings is 1. The van der Waals surface area contributed by atoms with E-state index in [0.717, 1.165) is 57.0 Å². The minimum absolute atomic E-state index is 0.00313. The minimum Gasteiger partial charge on any atom is -0.507 e. The highest BCUT2D eigenvalue weighted by atomic mass is 35.5. The second kappa shape index (κ2) is 11.5. The Morgan fingerprint density at radius 3 is 1.90 bits per heavy atom. The third-order valence-electron chi connectivity index (χ3n) is 8.07. The lowest BCUT2D eigenvalue weighted by Crippen LogP contribution is -2.29. The molecule has 2 N–H and O–H groups in total. The molecule has 4 aromatic carbocycles. The molecule has 0 fully saturated rings. The predicted octanol–water partition coefficient (Wildman–Crippen LogP) is 7.72. The Balaban J connectivity index is 0.000000162. The van der Waals surface area contributed by atoms with Crippen molar-refractivity contribution in [3.8, 4) is 11.5 Å². The van der Waals surface area contributed by atoms with Crippen LogP contribution in [-0.2, 0) is 0 Å². The lowest BCUT2D eigenvalue weighted by atomic mass is 9.95. The summed E-state index contributed by atoms with van der Waals surface area (Å²) in [5, 5.41) is 24.2. The maximum atomic E-state index is 12.9. The molecule has 0 aliphatic carbocycles. The van der Waals surface area contributed by atoms with Crippen molar-refractivity contribution in [3.63, 3.8) is 0 Å². The highest BCUT2D eigenvalue weighted by Crippen LogP contribution is 2.46. The monoisotopic (exact) mass is 618 g/mol. The van der Waals surface area contributed by atoms with E-state index in [1.54, 1.807) is 23.1 Å². The van der Waals surface area contributed by atoms with Crippen molar-refractivity contribution >= 4 is 79.7 Å². The number of carbonyl (C=O) groups is 2. The highest BCUT2D eigenvalue weighted by molar-refractivity contribution is 7.15. The first-order valence-electron chi connectivity index (χ1n) is 13.5. The third kappa shape index (κ3) is 4.75. The quantitative estimate of drug-likeness (QED) is 0.159. The molecule has 0 saturated carbocycles. The number of aldehydes is 1. The van der Waals surface area contributed by atoms with Gasteiger partial charge in [0.2, 0.25) is 0 Å². The summed E-state index contributed by atoms with van der Waals surface area (Å²) < 4.78 is 0. The van der Waals surface area contributed by atoms with Gasteiger partial charge in [-0.3, -0.25) is 9.59 Å². The standard InChI is InChI=1S/C19H14ClNO3S.C14H14ClNO/c20-8-11-9-21(19(24)17-6-5-12(10-22)25-17)15-7-16(23)13-3-1-2-4-14(13)18(11)15;1-16-8-9(7-15)14-11-5-3-2-4-10(11)13(17)6-12(14)16/h1-7,10-11,23H,8-9H2;2-6,9,17H,7-8H2,1H3. The molecule has 2 aliphatic heterocycles. The maximum Gasteiger partial charge on any atom is 0.268 e. The van der Waals surface area contributed by atoms with E-state index in [1.165, 1.54) is 5.56 Å². The summed E-state index contributed by atoms with van der Waals surface area (Å²) in [5.41, 5.74) is 4.06. The molecule has 214 valence electrons. The topological polar surface area (TPSA) is 81.1 Å². The summed E-state index contributed by atoms with van der Waals surface area (Å²) >= 11 is 13.4. The number of amides is 1. The van der Waals surface area contributed by atoms with Crippen LogP contribution in [-0.4, -0.2) is 54.3 Å². The van der Waals surface area contributed by atoms with Crippen molar-refractivity contribution in [3.05, 3.63) is 93.7 Å². The normalized spacial score (nSPS) is 17.2. The average molecular weight is 620 g/mol. The number of phenols is 2. The number of nitrogens with zero attached hydrogens (tertiary/aromatic N) is 2. The number of anilines is 2. The van der Waals surface area contributed by atoms with Crippen molar-refractivity contribution in [1.29, 1.82) is 0 Å². The molecule has 0 bridgehead atoms. The lowest BCUT2D eigenvalue weighted by Gasteiger charge is -2.17. The number of fused-ring (bicyclic) bond motifs is 6. The molecule has 5 aromatic rings. The van der Waals surface area contributed by atoms with Gasteiger partial charge in [0.25, 0.3) is 5.91 Å². The van der Waals surface area contributed by atoms with Crippen LogP contribution in [0.15, 0.2) is 72.8 Å². The predicted molar refractivity (Wildman–Crippen MR) is 173 cm³/mol. The highest BCUT2D eigenvalue weighted by Gasteiger charge is 2.35. The lowest BCUT2D eigenvalue weighted by molar-refractivity contribution is 0.0992. The molecular formula is C33H28Cl2N2O4S. The first kappa shape index (κ1) is 28.3. The van der Waals surface area contributed by atoms with Crippen LogP contribution in [0.25, 0.3) is 21.5 Å². The van der Waals surface area contributed by atoms with Crippen molar-refractivity contribution < 1.29 is 19.8 Å². The van der Waals surface area contributed by atoms with E-state index in [1.807, 2.05) is 55.6 Å². The number of halogens is 2. The van der Waals surface area contributed by atoms with E-state index < -0.39 is 0 Å². The Labute approximate surface area is 257 Å². The molecule has 9 heteroatoms. The Kier molecular flexibility index (Phi) is 7.75. The Morgan fingerprint density at radius 2 is 1.36 bits per heavy atom. The molecule has 0 saturated heterocycles. The van der Waals surface area contributed by atoms with Gasteiger partial charge in [0, 0.05) is 72.3 Å². The fourth-order valence-electron chi connectivity index (χ4n) is 6.16. The number of hydrogen-bond donors (Lipinski definition) is 2. The van der Waals surface area contributed by atoms with Gasteiger partial charge in [-0.1, -0.05) is 48.5 Å². The van der Waals surface area contributed by atoms with Gasteiger partial charge >= 0.3 is 0 Å². The van der Waals surface area contributed by atoms with Crippen LogP contribution in [0.2, 0.25) is 0 Å². The van der Waals surface area contributed by atoms with E-state index in [-0.39, 0.29) is 17.6 Å². The zero-order valence-electron chi connectivity index (χ0n) is 22.8. The molecule has 3 heterocycles. The third-order valence-corrected chi connectivity index (χ3v) is 9.82. The van der Waals surface area contributed by atoms with E-state index >= 15 is 0 Å². The number of aromatic hydroxyl groups is 2. The summed E-state index contributed by atoms with van der Waals surface area (Å²) in [4.78, 5) is 28.6. The SMILES string of the molecule is CN1CC(CCl)c2c1cc(O)c1ccccc21.O=Cc1ccc(C(=O)N2CC(CCl)c3c2cc(O)c2ccccc32)s1. The summed E-state index contributed by atoms with van der Waals surface area (Å²) in [6, 6.07) is 22.3. The van der Waals surface area contributed by atoms with Gasteiger partial charge in [-0.25, -0.2) is 0 Å². The number of benzene rings is 4. The number of phenolic OH excluding ortho intramolecular Hbond substituents is 2. The fourth-order valence-corrected chi connectivity index (χ4v) is 7.44. The summed E-state index contributed by atoms with van der Waals surface area (Å²) in [6.07, 6.45) is 0.736. The first-order valence-corrected chi connectivity index (χ1v) is 15.4. The smallest absolute Gasteiger partial charge is 0.268 e. The molecule has 2 aliphatic rings. The Bertz CT molecular complexity index is 1840. The van der Waals surface area contributed by atoms with Gasteiger partial charge in [-0.15, -0.1) is 34.5 Å². The number of likely N-dealkylation sites (N-methyl/N-ethyl adjacent to an activating group) is 1. The largest absolute Gasteiger partial charge is 0.507 e. The van der Waals surface area contributed by atoms with Gasteiger partial charge in [0.1, 0.15) is 11.5 Å². The van der Waals surface area contributed by atoms with E-state index in [9.17, 15) is 19.8 Å². The molecule has 1 amide bonds. The Morgan fingerprint density at radius 1 is 0.833 bits per heavy atom. The second-order valence-electron chi connectivity index (χ2n) is 10.6. The summed E-state index contributed by atoms with van der Waals surface area (Å²) in [7, 11) is 2.04. The molecule has 2 atom stereocenters. The molecule has 0 spiro atoms. The molecule has 0 radical (unpaired) electrons. The summed E-state index contributed by atoms with van der Waals surface area (Å²) in [5.74, 6) is 1.66. The van der Waals surface area contributed by atoms with Crippen LogP contribution >= 0.6 is 34.5 Å². The molecule has 2 unspecified atom stereocenters. The van der Waals surface area contributed by atoms with Gasteiger partial charge in [0.15, 0.2) is 6.29 Å². The maximum absolute atomic E-state index is 12.9. The average Bonchev–Trinajstić information content (AvgIpc) is 3.73. The number of hydrogen-bond acceptors (Lipinski definition) is 6. The summed E-state index contributed by atoms with van der Waals surface area (Å²) in [6.45, 7) is 1.38. The van der Waals surface area contributed by atoms with E-state index in [0.29, 0.717) is 45.4 Å². The minimum atomic E-state index is -0.179. The van der Waals surface area contributed by atoms with Gasteiger partial charge < -0.3 is 20.0 Å². The van der Waals surface area contributed by atoms with E-state index in [4.69, 9.17) is 23.2 Å². The van der Waals surface area contributed by atoms with Crippen LogP contribution in [0.4, 0.5) is 11.4 Å². The zero-order chi connectivity index (χ0) is 29.5. The van der Waals surface area contributed by atoms with Crippen molar-refractivity contribution in [2.24, 2.45) is 0 Å².